The molecule has 130 valence electrons. The van der Waals surface area contributed by atoms with Crippen LogP contribution in [0.25, 0.3) is 0 Å². The molecule has 23 heavy (non-hydrogen) atoms. The lowest BCUT2D eigenvalue weighted by molar-refractivity contribution is -0.116. The summed E-state index contributed by atoms with van der Waals surface area (Å²) in [6, 6.07) is 0. The normalized spacial score (nSPS) is 21.1. The Morgan fingerprint density at radius 1 is 1.52 bits per heavy atom. The number of halogens is 1. The Morgan fingerprint density at radius 3 is 2.83 bits per heavy atom. The summed E-state index contributed by atoms with van der Waals surface area (Å²) >= 11 is 7.30. The molecule has 1 N–H and O–H groups in total. The quantitative estimate of drug-likeness (QED) is 0.363. The number of allylic oxidation sites excluding steroid dienone is 2. The number of carbonyl (C=O) groups is 1. The van der Waals surface area contributed by atoms with Gasteiger partial charge in [0, 0.05) is 23.6 Å². The van der Waals surface area contributed by atoms with Gasteiger partial charge in [0.05, 0.1) is 11.3 Å². The first-order chi connectivity index (χ1) is 11.0. The highest BCUT2D eigenvalue weighted by Gasteiger charge is 2.31. The predicted molar refractivity (Wildman–Crippen MR) is 98.3 cm³/mol. The number of thioether (sulfide) groups is 1. The SMILES string of the molecule is CCSC(C)CC1CC(=O)C(/C(CC)=N/OCC=CCl)=C(O)C1. The summed E-state index contributed by atoms with van der Waals surface area (Å²) in [5.41, 5.74) is 2.20. The minimum absolute atomic E-state index is 0.0375. The molecule has 0 spiro atoms. The molecule has 1 aliphatic rings. The van der Waals surface area contributed by atoms with Gasteiger partial charge in [0.25, 0.3) is 0 Å². The Hall–Kier alpha value is -0.940. The molecule has 0 amide bonds. The van der Waals surface area contributed by atoms with Crippen molar-refractivity contribution in [2.45, 2.75) is 51.7 Å². The van der Waals surface area contributed by atoms with Crippen LogP contribution in [0, 0.1) is 5.92 Å². The van der Waals surface area contributed by atoms with E-state index in [4.69, 9.17) is 16.4 Å². The number of hydrogen-bond acceptors (Lipinski definition) is 5. The van der Waals surface area contributed by atoms with Crippen LogP contribution in [0.15, 0.2) is 28.1 Å². The largest absolute Gasteiger partial charge is 0.511 e. The van der Waals surface area contributed by atoms with Crippen molar-refractivity contribution in [3.05, 3.63) is 22.9 Å². The predicted octanol–water partition coefficient (Wildman–Crippen LogP) is 4.84. The van der Waals surface area contributed by atoms with E-state index in [1.165, 1.54) is 5.54 Å². The topological polar surface area (TPSA) is 58.9 Å². The zero-order valence-corrected chi connectivity index (χ0v) is 15.6. The summed E-state index contributed by atoms with van der Waals surface area (Å²) in [7, 11) is 0. The number of Topliss-reactive ketones (excluding diaryl/α,β-unsaturated/α-hetero) is 1. The molecule has 0 aromatic carbocycles. The van der Waals surface area contributed by atoms with E-state index in [1.54, 1.807) is 6.08 Å². The molecule has 1 rings (SSSR count). The maximum atomic E-state index is 12.4. The van der Waals surface area contributed by atoms with Crippen LogP contribution in [-0.4, -0.2) is 34.2 Å². The van der Waals surface area contributed by atoms with Gasteiger partial charge in [-0.25, -0.2) is 0 Å². The molecule has 2 atom stereocenters. The van der Waals surface area contributed by atoms with E-state index in [0.29, 0.717) is 35.8 Å². The first-order valence-corrected chi connectivity index (χ1v) is 9.53. The Bertz CT molecular complexity index is 488. The van der Waals surface area contributed by atoms with Crippen molar-refractivity contribution < 1.29 is 14.7 Å². The minimum atomic E-state index is -0.0375. The van der Waals surface area contributed by atoms with Crippen molar-refractivity contribution >= 4 is 34.9 Å². The van der Waals surface area contributed by atoms with Crippen LogP contribution in [0.1, 0.15) is 46.5 Å². The van der Waals surface area contributed by atoms with Gasteiger partial charge in [-0.1, -0.05) is 37.5 Å². The van der Waals surface area contributed by atoms with Gasteiger partial charge >= 0.3 is 0 Å². The summed E-state index contributed by atoms with van der Waals surface area (Å²) in [4.78, 5) is 17.6. The van der Waals surface area contributed by atoms with Crippen LogP contribution in [0.4, 0.5) is 0 Å². The fraction of sp³-hybridized carbons (Fsp3) is 0.647. The number of oxime groups is 1. The van der Waals surface area contributed by atoms with E-state index in [2.05, 4.69) is 19.0 Å². The third-order valence-electron chi connectivity index (χ3n) is 3.70. The molecule has 0 saturated heterocycles. The number of aliphatic hydroxyl groups excluding tert-OH is 1. The molecular formula is C17H26ClNO3S. The Balaban J connectivity index is 2.79. The van der Waals surface area contributed by atoms with Gasteiger partial charge in [0.15, 0.2) is 5.78 Å². The second-order valence-corrected chi connectivity index (χ2v) is 7.54. The maximum absolute atomic E-state index is 12.4. The number of ketones is 1. The molecule has 0 aromatic heterocycles. The van der Waals surface area contributed by atoms with Crippen LogP contribution in [0.3, 0.4) is 0 Å². The first kappa shape index (κ1) is 20.1. The molecule has 0 saturated carbocycles. The molecule has 0 aromatic rings. The Labute approximate surface area is 148 Å². The van der Waals surface area contributed by atoms with Crippen LogP contribution < -0.4 is 0 Å². The van der Waals surface area contributed by atoms with Gasteiger partial charge in [-0.2, -0.15) is 11.8 Å². The summed E-state index contributed by atoms with van der Waals surface area (Å²) in [5, 5.41) is 14.8. The van der Waals surface area contributed by atoms with Crippen molar-refractivity contribution in [2.24, 2.45) is 11.1 Å². The molecule has 1 aliphatic carbocycles. The molecule has 2 unspecified atom stereocenters. The second kappa shape index (κ2) is 10.8. The molecule has 6 heteroatoms. The number of carbonyl (C=O) groups excluding carboxylic acids is 1. The maximum Gasteiger partial charge on any atom is 0.168 e. The third-order valence-corrected chi connectivity index (χ3v) is 4.97. The Kier molecular flexibility index (Phi) is 9.41. The van der Waals surface area contributed by atoms with Gasteiger partial charge in [0.1, 0.15) is 12.4 Å². The van der Waals surface area contributed by atoms with E-state index >= 15 is 0 Å². The lowest BCUT2D eigenvalue weighted by Crippen LogP contribution is -2.26. The van der Waals surface area contributed by atoms with Gasteiger partial charge in [0.2, 0.25) is 0 Å². The van der Waals surface area contributed by atoms with E-state index in [1.807, 2.05) is 18.7 Å². The van der Waals surface area contributed by atoms with Crippen molar-refractivity contribution in [2.75, 3.05) is 12.4 Å². The first-order valence-electron chi connectivity index (χ1n) is 8.04. The summed E-state index contributed by atoms with van der Waals surface area (Å²) in [5.74, 6) is 1.38. The fourth-order valence-electron chi connectivity index (χ4n) is 2.77. The van der Waals surface area contributed by atoms with Gasteiger partial charge in [-0.05, 0) is 30.6 Å². The van der Waals surface area contributed by atoms with E-state index in [0.717, 1.165) is 12.2 Å². The van der Waals surface area contributed by atoms with Crippen molar-refractivity contribution in [1.29, 1.82) is 0 Å². The summed E-state index contributed by atoms with van der Waals surface area (Å²) in [6.07, 6.45) is 4.09. The van der Waals surface area contributed by atoms with Crippen molar-refractivity contribution in [3.8, 4) is 0 Å². The van der Waals surface area contributed by atoms with E-state index in [9.17, 15) is 9.90 Å². The lowest BCUT2D eigenvalue weighted by Gasteiger charge is -2.25. The third kappa shape index (κ3) is 6.60. The Morgan fingerprint density at radius 2 is 2.26 bits per heavy atom. The molecule has 0 bridgehead atoms. The number of hydrogen-bond donors (Lipinski definition) is 1. The van der Waals surface area contributed by atoms with Crippen molar-refractivity contribution in [1.82, 2.24) is 0 Å². The van der Waals surface area contributed by atoms with Crippen molar-refractivity contribution in [3.63, 3.8) is 0 Å². The van der Waals surface area contributed by atoms with Gasteiger partial charge in [-0.3, -0.25) is 4.79 Å². The van der Waals surface area contributed by atoms with Crippen LogP contribution in [0.2, 0.25) is 0 Å². The van der Waals surface area contributed by atoms with Crippen LogP contribution in [-0.2, 0) is 9.63 Å². The van der Waals surface area contributed by atoms with Crippen LogP contribution >= 0.6 is 23.4 Å². The molecule has 0 fully saturated rings. The van der Waals surface area contributed by atoms with Crippen LogP contribution in [0.5, 0.6) is 0 Å². The van der Waals surface area contributed by atoms with E-state index < -0.39 is 0 Å². The zero-order valence-electron chi connectivity index (χ0n) is 14.0. The highest BCUT2D eigenvalue weighted by molar-refractivity contribution is 7.99. The second-order valence-electron chi connectivity index (χ2n) is 5.57. The summed E-state index contributed by atoms with van der Waals surface area (Å²) in [6.45, 7) is 6.43. The van der Waals surface area contributed by atoms with E-state index in [-0.39, 0.29) is 24.1 Å². The smallest absolute Gasteiger partial charge is 0.168 e. The van der Waals surface area contributed by atoms with Gasteiger partial charge in [-0.15, -0.1) is 0 Å². The average molecular weight is 360 g/mol. The molecule has 0 aliphatic heterocycles. The molecular weight excluding hydrogens is 334 g/mol. The monoisotopic (exact) mass is 359 g/mol. The molecule has 0 radical (unpaired) electrons. The summed E-state index contributed by atoms with van der Waals surface area (Å²) < 4.78 is 0. The molecule has 4 nitrogen and oxygen atoms in total. The lowest BCUT2D eigenvalue weighted by atomic mass is 9.82. The number of rotatable bonds is 9. The highest BCUT2D eigenvalue weighted by atomic mass is 35.5. The number of aliphatic hydroxyl groups is 1. The minimum Gasteiger partial charge on any atom is -0.511 e. The number of nitrogens with zero attached hydrogens (tertiary/aromatic N) is 1. The standard InChI is InChI=1S/C17H26ClNO3S/c1-4-14(19-22-8-6-7-18)17-15(20)10-13(11-16(17)21)9-12(3)23-5-2/h6-7,12-13,20H,4-5,8-11H2,1-3H3/b7-6?,19-14+. The zero-order chi connectivity index (χ0) is 17.2. The average Bonchev–Trinajstić information content (AvgIpc) is 2.49. The molecule has 0 heterocycles. The highest BCUT2D eigenvalue weighted by Crippen LogP contribution is 2.32. The van der Waals surface area contributed by atoms with Gasteiger partial charge < -0.3 is 9.94 Å². The fourth-order valence-corrected chi connectivity index (χ4v) is 3.82.